The van der Waals surface area contributed by atoms with Gasteiger partial charge in [0.25, 0.3) is 5.91 Å². The summed E-state index contributed by atoms with van der Waals surface area (Å²) in [7, 11) is 0. The maximum atomic E-state index is 13.4. The fourth-order valence-electron chi connectivity index (χ4n) is 3.69. The van der Waals surface area contributed by atoms with Crippen molar-refractivity contribution >= 4 is 28.3 Å². The van der Waals surface area contributed by atoms with E-state index in [4.69, 9.17) is 0 Å². The van der Waals surface area contributed by atoms with Crippen LogP contribution in [0.25, 0.3) is 11.0 Å². The van der Waals surface area contributed by atoms with Crippen LogP contribution in [0.5, 0.6) is 0 Å². The number of hydrogen-bond acceptors (Lipinski definition) is 4. The van der Waals surface area contributed by atoms with E-state index in [2.05, 4.69) is 34.3 Å². The van der Waals surface area contributed by atoms with Crippen LogP contribution >= 0.6 is 0 Å². The van der Waals surface area contributed by atoms with E-state index < -0.39 is 0 Å². The zero-order chi connectivity index (χ0) is 19.5. The molecule has 144 valence electrons. The Morgan fingerprint density at radius 2 is 1.68 bits per heavy atom. The minimum absolute atomic E-state index is 0.0477. The number of benzene rings is 1. The molecule has 1 saturated heterocycles. The summed E-state index contributed by atoms with van der Waals surface area (Å²) in [6.07, 6.45) is 6.19. The summed E-state index contributed by atoms with van der Waals surface area (Å²) in [5.41, 5.74) is 5.11. The molecule has 1 N–H and O–H groups in total. The number of rotatable bonds is 3. The van der Waals surface area contributed by atoms with Crippen LogP contribution in [0.3, 0.4) is 0 Å². The average molecular weight is 374 g/mol. The Balaban J connectivity index is 1.79. The van der Waals surface area contributed by atoms with Crippen molar-refractivity contribution in [1.29, 1.82) is 0 Å². The lowest BCUT2D eigenvalue weighted by atomic mass is 10.1. The molecule has 1 amide bonds. The molecule has 1 aliphatic rings. The Hall–Kier alpha value is -2.95. The van der Waals surface area contributed by atoms with Crippen molar-refractivity contribution in [2.24, 2.45) is 0 Å². The molecule has 0 saturated carbocycles. The Labute approximate surface area is 165 Å². The SMILES string of the molecule is Cc1ccc(Nc2c(C(=O)N3CCCCCC3)cnc3nc(C)ccc23)cc1. The van der Waals surface area contributed by atoms with Crippen molar-refractivity contribution in [3.63, 3.8) is 0 Å². The van der Waals surface area contributed by atoms with Crippen molar-refractivity contribution in [2.45, 2.75) is 39.5 Å². The summed E-state index contributed by atoms with van der Waals surface area (Å²) in [6, 6.07) is 12.1. The standard InChI is InChI=1S/C23H26N4O/c1-16-7-10-18(11-8-16)26-21-19-12-9-17(2)25-22(19)24-15-20(21)23(28)27-13-5-3-4-6-14-27/h7-12,15H,3-6,13-14H2,1-2H3,(H,24,25,26). The molecule has 5 heteroatoms. The number of aryl methyl sites for hydroxylation is 2. The smallest absolute Gasteiger partial charge is 0.257 e. The van der Waals surface area contributed by atoms with E-state index in [9.17, 15) is 4.79 Å². The van der Waals surface area contributed by atoms with Gasteiger partial charge in [0.1, 0.15) is 0 Å². The Morgan fingerprint density at radius 1 is 0.964 bits per heavy atom. The largest absolute Gasteiger partial charge is 0.354 e. The normalized spacial score (nSPS) is 14.7. The summed E-state index contributed by atoms with van der Waals surface area (Å²) in [4.78, 5) is 24.4. The number of carbonyl (C=O) groups excluding carboxylic acids is 1. The first kappa shape index (κ1) is 18.4. The molecule has 1 aromatic carbocycles. The zero-order valence-corrected chi connectivity index (χ0v) is 16.5. The van der Waals surface area contributed by atoms with Gasteiger partial charge in [0.15, 0.2) is 5.65 Å². The predicted octanol–water partition coefficient (Wildman–Crippen LogP) is 5.01. The number of fused-ring (bicyclic) bond motifs is 1. The van der Waals surface area contributed by atoms with Crippen LogP contribution in [0.4, 0.5) is 11.4 Å². The van der Waals surface area contributed by atoms with Crippen LogP contribution in [0.1, 0.15) is 47.3 Å². The van der Waals surface area contributed by atoms with Gasteiger partial charge in [-0.2, -0.15) is 0 Å². The van der Waals surface area contributed by atoms with Gasteiger partial charge >= 0.3 is 0 Å². The number of nitrogens with zero attached hydrogens (tertiary/aromatic N) is 3. The Morgan fingerprint density at radius 3 is 2.39 bits per heavy atom. The second-order valence-electron chi connectivity index (χ2n) is 7.57. The molecular weight excluding hydrogens is 348 g/mol. The van der Waals surface area contributed by atoms with Gasteiger partial charge in [-0.1, -0.05) is 30.5 Å². The number of anilines is 2. The highest BCUT2D eigenvalue weighted by Crippen LogP contribution is 2.30. The molecule has 2 aromatic heterocycles. The van der Waals surface area contributed by atoms with Gasteiger partial charge in [0.2, 0.25) is 0 Å². The molecule has 0 bridgehead atoms. The Kier molecular flexibility index (Phi) is 5.24. The summed E-state index contributed by atoms with van der Waals surface area (Å²) in [5.74, 6) is 0.0477. The van der Waals surface area contributed by atoms with Crippen LogP contribution in [0, 0.1) is 13.8 Å². The van der Waals surface area contributed by atoms with E-state index in [1.54, 1.807) is 6.20 Å². The maximum absolute atomic E-state index is 13.4. The van der Waals surface area contributed by atoms with Crippen molar-refractivity contribution in [2.75, 3.05) is 18.4 Å². The summed E-state index contributed by atoms with van der Waals surface area (Å²) < 4.78 is 0. The topological polar surface area (TPSA) is 58.1 Å². The maximum Gasteiger partial charge on any atom is 0.257 e. The molecule has 0 atom stereocenters. The molecule has 0 radical (unpaired) electrons. The Bertz CT molecular complexity index is 989. The minimum atomic E-state index is 0.0477. The first-order valence-electron chi connectivity index (χ1n) is 10.0. The third-order valence-corrected chi connectivity index (χ3v) is 5.31. The molecule has 4 rings (SSSR count). The van der Waals surface area contributed by atoms with E-state index in [0.29, 0.717) is 11.2 Å². The second kappa shape index (κ2) is 7.97. The van der Waals surface area contributed by atoms with Gasteiger partial charge in [-0.3, -0.25) is 4.79 Å². The van der Waals surface area contributed by atoms with Crippen molar-refractivity contribution in [3.05, 3.63) is 59.4 Å². The highest BCUT2D eigenvalue weighted by atomic mass is 16.2. The highest BCUT2D eigenvalue weighted by Gasteiger charge is 2.22. The molecule has 3 heterocycles. The summed E-state index contributed by atoms with van der Waals surface area (Å²) in [5, 5.41) is 4.34. The van der Waals surface area contributed by atoms with Crippen molar-refractivity contribution in [1.82, 2.24) is 14.9 Å². The third-order valence-electron chi connectivity index (χ3n) is 5.31. The number of likely N-dealkylation sites (tertiary alicyclic amines) is 1. The number of nitrogens with one attached hydrogen (secondary N) is 1. The van der Waals surface area contributed by atoms with Gasteiger partial charge in [0, 0.05) is 36.1 Å². The van der Waals surface area contributed by atoms with Crippen molar-refractivity contribution < 1.29 is 4.79 Å². The lowest BCUT2D eigenvalue weighted by Crippen LogP contribution is -2.32. The number of amides is 1. The number of pyridine rings is 2. The molecule has 0 unspecified atom stereocenters. The van der Waals surface area contributed by atoms with E-state index in [-0.39, 0.29) is 5.91 Å². The van der Waals surface area contributed by atoms with Gasteiger partial charge in [0.05, 0.1) is 11.3 Å². The fourth-order valence-corrected chi connectivity index (χ4v) is 3.69. The molecule has 1 fully saturated rings. The third kappa shape index (κ3) is 3.84. The predicted molar refractivity (Wildman–Crippen MR) is 113 cm³/mol. The van der Waals surface area contributed by atoms with E-state index in [1.807, 2.05) is 36.1 Å². The van der Waals surface area contributed by atoms with Crippen LogP contribution in [-0.2, 0) is 0 Å². The average Bonchev–Trinajstić information content (AvgIpc) is 2.99. The van der Waals surface area contributed by atoms with Crippen molar-refractivity contribution in [3.8, 4) is 0 Å². The molecule has 0 aliphatic carbocycles. The van der Waals surface area contributed by atoms with Crippen LogP contribution in [0.2, 0.25) is 0 Å². The first-order valence-corrected chi connectivity index (χ1v) is 10.0. The molecule has 0 spiro atoms. The second-order valence-corrected chi connectivity index (χ2v) is 7.57. The summed E-state index contributed by atoms with van der Waals surface area (Å²) >= 11 is 0. The molecule has 3 aromatic rings. The zero-order valence-electron chi connectivity index (χ0n) is 16.5. The highest BCUT2D eigenvalue weighted by molar-refractivity contribution is 6.07. The number of hydrogen-bond donors (Lipinski definition) is 1. The lowest BCUT2D eigenvalue weighted by Gasteiger charge is -2.22. The van der Waals surface area contributed by atoms with Gasteiger partial charge in [-0.15, -0.1) is 0 Å². The van der Waals surface area contributed by atoms with E-state index in [1.165, 1.54) is 18.4 Å². The fraction of sp³-hybridized carbons (Fsp3) is 0.348. The van der Waals surface area contributed by atoms with Crippen LogP contribution < -0.4 is 5.32 Å². The lowest BCUT2D eigenvalue weighted by molar-refractivity contribution is 0.0762. The molecular formula is C23H26N4O. The van der Waals surface area contributed by atoms with E-state index in [0.717, 1.165) is 48.4 Å². The van der Waals surface area contributed by atoms with E-state index >= 15 is 0 Å². The monoisotopic (exact) mass is 374 g/mol. The van der Waals surface area contributed by atoms with Gasteiger partial charge in [-0.25, -0.2) is 9.97 Å². The first-order chi connectivity index (χ1) is 13.6. The molecule has 28 heavy (non-hydrogen) atoms. The van der Waals surface area contributed by atoms with Crippen LogP contribution in [-0.4, -0.2) is 33.9 Å². The number of aromatic nitrogens is 2. The van der Waals surface area contributed by atoms with Gasteiger partial charge in [-0.05, 0) is 51.0 Å². The number of carbonyl (C=O) groups is 1. The van der Waals surface area contributed by atoms with Crippen LogP contribution in [0.15, 0.2) is 42.6 Å². The summed E-state index contributed by atoms with van der Waals surface area (Å²) in [6.45, 7) is 5.64. The minimum Gasteiger partial charge on any atom is -0.354 e. The van der Waals surface area contributed by atoms with Gasteiger partial charge < -0.3 is 10.2 Å². The molecule has 5 nitrogen and oxygen atoms in total. The molecule has 1 aliphatic heterocycles. The quantitative estimate of drug-likeness (QED) is 0.700.